The molecule has 0 bridgehead atoms. The maximum absolute atomic E-state index is 12.5. The highest BCUT2D eigenvalue weighted by Crippen LogP contribution is 2.26. The van der Waals surface area contributed by atoms with Crippen LogP contribution < -0.4 is 10.5 Å². The molecule has 2 amide bonds. The highest BCUT2D eigenvalue weighted by Gasteiger charge is 2.37. The summed E-state index contributed by atoms with van der Waals surface area (Å²) >= 11 is 0. The number of likely N-dealkylation sites (tertiary alicyclic amines) is 2. The first-order valence-electron chi connectivity index (χ1n) is 8.06. The van der Waals surface area contributed by atoms with Crippen LogP contribution in [0.3, 0.4) is 0 Å². The summed E-state index contributed by atoms with van der Waals surface area (Å²) in [6.07, 6.45) is 1.65. The summed E-state index contributed by atoms with van der Waals surface area (Å²) in [5, 5.41) is 0. The van der Waals surface area contributed by atoms with Gasteiger partial charge in [-0.05, 0) is 38.1 Å². The smallest absolute Gasteiger partial charge is 0.257 e. The van der Waals surface area contributed by atoms with Gasteiger partial charge in [0.25, 0.3) is 5.91 Å². The molecule has 3 rings (SSSR count). The second-order valence-corrected chi connectivity index (χ2v) is 6.28. The minimum Gasteiger partial charge on any atom is -0.496 e. The number of benzene rings is 1. The van der Waals surface area contributed by atoms with Crippen molar-refractivity contribution in [1.29, 1.82) is 0 Å². The van der Waals surface area contributed by atoms with Crippen molar-refractivity contribution in [2.75, 3.05) is 33.3 Å². The summed E-state index contributed by atoms with van der Waals surface area (Å²) in [6, 6.07) is 7.70. The van der Waals surface area contributed by atoms with Crippen LogP contribution in [-0.2, 0) is 4.79 Å². The van der Waals surface area contributed by atoms with Gasteiger partial charge in [-0.2, -0.15) is 0 Å². The molecule has 2 aliphatic heterocycles. The number of piperidine rings is 1. The van der Waals surface area contributed by atoms with E-state index in [9.17, 15) is 9.59 Å². The molecule has 124 valence electrons. The predicted octanol–water partition coefficient (Wildman–Crippen LogP) is 0.717. The summed E-state index contributed by atoms with van der Waals surface area (Å²) in [4.78, 5) is 28.0. The molecule has 0 aromatic heterocycles. The normalized spacial score (nSPS) is 20.1. The molecule has 2 aliphatic rings. The minimum atomic E-state index is -0.189. The van der Waals surface area contributed by atoms with Crippen LogP contribution >= 0.6 is 0 Å². The summed E-state index contributed by atoms with van der Waals surface area (Å²) in [5.41, 5.74) is 5.98. The SMILES string of the molecule is COc1ccccc1C(=O)N1CC(N2CCC(C(N)=O)CC2)C1. The third kappa shape index (κ3) is 3.17. The van der Waals surface area contributed by atoms with Crippen LogP contribution in [0.4, 0.5) is 0 Å². The number of amides is 2. The molecule has 2 fully saturated rings. The van der Waals surface area contributed by atoms with Crippen molar-refractivity contribution in [3.05, 3.63) is 29.8 Å². The molecular formula is C17H23N3O3. The van der Waals surface area contributed by atoms with E-state index in [-0.39, 0.29) is 17.7 Å². The van der Waals surface area contributed by atoms with Gasteiger partial charge in [-0.1, -0.05) is 12.1 Å². The standard InChI is InChI=1S/C17H23N3O3/c1-23-15-5-3-2-4-14(15)17(22)20-10-13(11-20)19-8-6-12(7-9-19)16(18)21/h2-5,12-13H,6-11H2,1H3,(H2,18,21). The zero-order valence-corrected chi connectivity index (χ0v) is 13.4. The monoisotopic (exact) mass is 317 g/mol. The quantitative estimate of drug-likeness (QED) is 0.888. The zero-order chi connectivity index (χ0) is 16.4. The molecule has 2 saturated heterocycles. The van der Waals surface area contributed by atoms with Crippen LogP contribution in [0.15, 0.2) is 24.3 Å². The molecule has 0 unspecified atom stereocenters. The maximum Gasteiger partial charge on any atom is 0.257 e. The van der Waals surface area contributed by atoms with Crippen LogP contribution in [0.1, 0.15) is 23.2 Å². The first-order valence-corrected chi connectivity index (χ1v) is 8.06. The van der Waals surface area contributed by atoms with E-state index in [1.54, 1.807) is 19.2 Å². The molecule has 0 spiro atoms. The third-order valence-corrected chi connectivity index (χ3v) is 4.94. The number of carbonyl (C=O) groups is 2. The van der Waals surface area contributed by atoms with Gasteiger partial charge in [0.15, 0.2) is 0 Å². The fraction of sp³-hybridized carbons (Fsp3) is 0.529. The Kier molecular flexibility index (Phi) is 4.52. The molecule has 2 heterocycles. The van der Waals surface area contributed by atoms with E-state index in [0.29, 0.717) is 17.4 Å². The topological polar surface area (TPSA) is 75.9 Å². The summed E-state index contributed by atoms with van der Waals surface area (Å²) in [7, 11) is 1.58. The predicted molar refractivity (Wildman–Crippen MR) is 86.2 cm³/mol. The lowest BCUT2D eigenvalue weighted by Gasteiger charge is -2.47. The molecule has 0 aliphatic carbocycles. The average Bonchev–Trinajstić information content (AvgIpc) is 2.53. The number of hydrogen-bond donors (Lipinski definition) is 1. The van der Waals surface area contributed by atoms with Gasteiger partial charge in [-0.25, -0.2) is 0 Å². The number of para-hydroxylation sites is 1. The number of primary amides is 1. The largest absolute Gasteiger partial charge is 0.496 e. The van der Waals surface area contributed by atoms with Crippen LogP contribution in [0.5, 0.6) is 5.75 Å². The lowest BCUT2D eigenvalue weighted by Crippen LogP contribution is -2.62. The van der Waals surface area contributed by atoms with Crippen molar-refractivity contribution >= 4 is 11.8 Å². The molecule has 0 saturated carbocycles. The summed E-state index contributed by atoms with van der Waals surface area (Å²) in [6.45, 7) is 3.24. The van der Waals surface area contributed by atoms with Gasteiger partial charge in [0.05, 0.1) is 12.7 Å². The van der Waals surface area contributed by atoms with E-state index in [2.05, 4.69) is 4.90 Å². The molecule has 23 heavy (non-hydrogen) atoms. The second kappa shape index (κ2) is 6.58. The van der Waals surface area contributed by atoms with Gasteiger partial charge < -0.3 is 15.4 Å². The lowest BCUT2D eigenvalue weighted by atomic mass is 9.93. The highest BCUT2D eigenvalue weighted by atomic mass is 16.5. The number of nitrogens with zero attached hydrogens (tertiary/aromatic N) is 2. The summed E-state index contributed by atoms with van der Waals surface area (Å²) in [5.74, 6) is 0.456. The van der Waals surface area contributed by atoms with E-state index in [0.717, 1.165) is 39.0 Å². The first kappa shape index (κ1) is 15.8. The summed E-state index contributed by atoms with van der Waals surface area (Å²) < 4.78 is 5.26. The van der Waals surface area contributed by atoms with E-state index in [1.807, 2.05) is 17.0 Å². The maximum atomic E-state index is 12.5. The molecule has 6 heteroatoms. The second-order valence-electron chi connectivity index (χ2n) is 6.28. The van der Waals surface area contributed by atoms with Gasteiger partial charge >= 0.3 is 0 Å². The Morgan fingerprint density at radius 3 is 2.43 bits per heavy atom. The zero-order valence-electron chi connectivity index (χ0n) is 13.4. The number of rotatable bonds is 4. The third-order valence-electron chi connectivity index (χ3n) is 4.94. The van der Waals surface area contributed by atoms with E-state index in [1.165, 1.54) is 0 Å². The van der Waals surface area contributed by atoms with E-state index in [4.69, 9.17) is 10.5 Å². The van der Waals surface area contributed by atoms with Crippen molar-refractivity contribution in [1.82, 2.24) is 9.80 Å². The van der Waals surface area contributed by atoms with Gasteiger partial charge in [-0.3, -0.25) is 14.5 Å². The van der Waals surface area contributed by atoms with Gasteiger partial charge in [-0.15, -0.1) is 0 Å². The van der Waals surface area contributed by atoms with Crippen LogP contribution in [0.2, 0.25) is 0 Å². The lowest BCUT2D eigenvalue weighted by molar-refractivity contribution is -0.123. The Morgan fingerprint density at radius 2 is 1.83 bits per heavy atom. The van der Waals surface area contributed by atoms with Crippen molar-refractivity contribution in [2.24, 2.45) is 11.7 Å². The molecule has 0 atom stereocenters. The molecule has 2 N–H and O–H groups in total. The number of carbonyl (C=O) groups excluding carboxylic acids is 2. The number of hydrogen-bond acceptors (Lipinski definition) is 4. The molecule has 1 aromatic rings. The Hall–Kier alpha value is -2.08. The van der Waals surface area contributed by atoms with Crippen LogP contribution in [0.25, 0.3) is 0 Å². The highest BCUT2D eigenvalue weighted by molar-refractivity contribution is 5.97. The van der Waals surface area contributed by atoms with Crippen LogP contribution in [-0.4, -0.2) is 60.9 Å². The molecule has 0 radical (unpaired) electrons. The number of methoxy groups -OCH3 is 1. The Bertz CT molecular complexity index is 591. The van der Waals surface area contributed by atoms with Gasteiger partial charge in [0.1, 0.15) is 5.75 Å². The average molecular weight is 317 g/mol. The Balaban J connectivity index is 1.53. The number of ether oxygens (including phenoxy) is 1. The van der Waals surface area contributed by atoms with Crippen molar-refractivity contribution in [3.8, 4) is 5.75 Å². The first-order chi connectivity index (χ1) is 11.1. The molecule has 6 nitrogen and oxygen atoms in total. The molecular weight excluding hydrogens is 294 g/mol. The van der Waals surface area contributed by atoms with Crippen molar-refractivity contribution < 1.29 is 14.3 Å². The molecule has 1 aromatic carbocycles. The fourth-order valence-corrected chi connectivity index (χ4v) is 3.39. The fourth-order valence-electron chi connectivity index (χ4n) is 3.39. The van der Waals surface area contributed by atoms with Gasteiger partial charge in [0.2, 0.25) is 5.91 Å². The van der Waals surface area contributed by atoms with Crippen molar-refractivity contribution in [3.63, 3.8) is 0 Å². The Morgan fingerprint density at radius 1 is 1.17 bits per heavy atom. The van der Waals surface area contributed by atoms with Crippen molar-refractivity contribution in [2.45, 2.75) is 18.9 Å². The van der Waals surface area contributed by atoms with Crippen LogP contribution in [0, 0.1) is 5.92 Å². The van der Waals surface area contributed by atoms with E-state index < -0.39 is 0 Å². The minimum absolute atomic E-state index is 0.0117. The number of nitrogens with two attached hydrogens (primary N) is 1. The Labute approximate surface area is 136 Å². The van der Waals surface area contributed by atoms with Gasteiger partial charge in [0, 0.05) is 25.0 Å². The van der Waals surface area contributed by atoms with E-state index >= 15 is 0 Å².